The zero-order chi connectivity index (χ0) is 10.3. The van der Waals surface area contributed by atoms with Crippen molar-refractivity contribution in [2.45, 2.75) is 39.5 Å². The summed E-state index contributed by atoms with van der Waals surface area (Å²) in [7, 11) is -4.23. The molecule has 0 spiro atoms. The van der Waals surface area contributed by atoms with Crippen molar-refractivity contribution in [2.75, 3.05) is 13.1 Å². The molecule has 0 atom stereocenters. The molecule has 0 heterocycles. The van der Waals surface area contributed by atoms with Gasteiger partial charge in [0.25, 0.3) is 0 Å². The topological polar surface area (TPSA) is 60.4 Å². The summed E-state index contributed by atoms with van der Waals surface area (Å²) in [6, 6.07) is 0. The molecule has 80 valence electrons. The summed E-state index contributed by atoms with van der Waals surface area (Å²) in [4.78, 5) is 0. The molecule has 0 N–H and O–H groups in total. The second-order valence-electron chi connectivity index (χ2n) is 3.06. The summed E-state index contributed by atoms with van der Waals surface area (Å²) in [6.45, 7) is 4.66. The second-order valence-corrected chi connectivity index (χ2v) is 4.44. The van der Waals surface area contributed by atoms with Gasteiger partial charge in [0.15, 0.2) is 10.3 Å². The summed E-state index contributed by atoms with van der Waals surface area (Å²) in [5.74, 6) is 0. The van der Waals surface area contributed by atoms with Crippen LogP contribution in [0.4, 0.5) is 0 Å². The van der Waals surface area contributed by atoms with Crippen molar-refractivity contribution in [3.8, 4) is 0 Å². The van der Waals surface area contributed by atoms with Gasteiger partial charge in [0.05, 0.1) is 0 Å². The van der Waals surface area contributed by atoms with Crippen LogP contribution in [0.5, 0.6) is 0 Å². The van der Waals surface area contributed by atoms with Crippen molar-refractivity contribution in [1.29, 1.82) is 0 Å². The fraction of sp³-hybridized carbons (Fsp3) is 1.00. The van der Waals surface area contributed by atoms with Crippen LogP contribution in [0.2, 0.25) is 0 Å². The average Bonchev–Trinajstić information content (AvgIpc) is 2.02. The van der Waals surface area contributed by atoms with Crippen molar-refractivity contribution in [1.82, 2.24) is 4.31 Å². The van der Waals surface area contributed by atoms with Crippen LogP contribution in [-0.2, 0) is 10.3 Å². The third-order valence-electron chi connectivity index (χ3n) is 1.84. The molecule has 0 aliphatic heterocycles. The predicted octanol–water partition coefficient (Wildman–Crippen LogP) is -1.65. The number of hydrogen-bond acceptors (Lipinski definition) is 3. The van der Waals surface area contributed by atoms with Crippen LogP contribution in [0.25, 0.3) is 0 Å². The molecule has 6 heteroatoms. The minimum absolute atomic E-state index is 0. The Kier molecular flexibility index (Phi) is 10.6. The number of rotatable bonds is 7. The second kappa shape index (κ2) is 8.75. The molecular formula is C8H18LiNO3S. The normalized spacial score (nSPS) is 11.4. The van der Waals surface area contributed by atoms with Crippen LogP contribution in [0.1, 0.15) is 39.5 Å². The van der Waals surface area contributed by atoms with Crippen LogP contribution in [0, 0.1) is 0 Å². The molecule has 4 nitrogen and oxygen atoms in total. The van der Waals surface area contributed by atoms with E-state index in [9.17, 15) is 13.0 Å². The average molecular weight is 215 g/mol. The first-order valence-corrected chi connectivity index (χ1v) is 6.09. The van der Waals surface area contributed by atoms with Gasteiger partial charge in [0.2, 0.25) is 0 Å². The van der Waals surface area contributed by atoms with Crippen LogP contribution in [-0.4, -0.2) is 30.4 Å². The maximum Gasteiger partial charge on any atom is 1.00 e. The van der Waals surface area contributed by atoms with E-state index in [1.807, 2.05) is 13.8 Å². The van der Waals surface area contributed by atoms with E-state index in [-0.39, 0.29) is 18.9 Å². The zero-order valence-corrected chi connectivity index (χ0v) is 10.1. The molecule has 0 aliphatic rings. The maximum atomic E-state index is 10.7. The quantitative estimate of drug-likeness (QED) is 0.378. The SMILES string of the molecule is CCCCN(CCCC)S(=O)(=O)[O-].[Li+]. The Morgan fingerprint density at radius 2 is 1.43 bits per heavy atom. The number of hydrogen-bond donors (Lipinski definition) is 0. The molecule has 0 rings (SSSR count). The van der Waals surface area contributed by atoms with Gasteiger partial charge in [-0.3, -0.25) is 0 Å². The Hall–Kier alpha value is 0.467. The van der Waals surface area contributed by atoms with Crippen LogP contribution < -0.4 is 18.9 Å². The zero-order valence-electron chi connectivity index (χ0n) is 9.32. The van der Waals surface area contributed by atoms with Crippen LogP contribution in [0.15, 0.2) is 0 Å². The van der Waals surface area contributed by atoms with Gasteiger partial charge in [-0.05, 0) is 12.8 Å². The predicted molar refractivity (Wildman–Crippen MR) is 51.1 cm³/mol. The van der Waals surface area contributed by atoms with Gasteiger partial charge in [-0.2, -0.15) is 0 Å². The van der Waals surface area contributed by atoms with E-state index in [2.05, 4.69) is 0 Å². The van der Waals surface area contributed by atoms with Crippen molar-refractivity contribution in [3.05, 3.63) is 0 Å². The van der Waals surface area contributed by atoms with E-state index in [0.29, 0.717) is 13.1 Å². The van der Waals surface area contributed by atoms with Crippen molar-refractivity contribution in [2.24, 2.45) is 0 Å². The van der Waals surface area contributed by atoms with Crippen molar-refractivity contribution in [3.63, 3.8) is 0 Å². The summed E-state index contributed by atoms with van der Waals surface area (Å²) in [5, 5.41) is 0. The Morgan fingerprint density at radius 3 is 1.64 bits per heavy atom. The molecular weight excluding hydrogens is 197 g/mol. The summed E-state index contributed by atoms with van der Waals surface area (Å²) >= 11 is 0. The molecule has 0 amide bonds. The minimum atomic E-state index is -4.23. The van der Waals surface area contributed by atoms with Crippen molar-refractivity contribution >= 4 is 10.3 Å². The number of nitrogens with zero attached hydrogens (tertiary/aromatic N) is 1. The molecule has 0 aromatic heterocycles. The summed E-state index contributed by atoms with van der Waals surface area (Å²) in [6.07, 6.45) is 3.31. The van der Waals surface area contributed by atoms with Gasteiger partial charge in [0.1, 0.15) is 0 Å². The molecule has 14 heavy (non-hydrogen) atoms. The first-order valence-electron chi connectivity index (χ1n) is 4.73. The van der Waals surface area contributed by atoms with E-state index >= 15 is 0 Å². The molecule has 0 unspecified atom stereocenters. The van der Waals surface area contributed by atoms with Crippen LogP contribution >= 0.6 is 0 Å². The van der Waals surface area contributed by atoms with E-state index in [0.717, 1.165) is 30.0 Å². The van der Waals surface area contributed by atoms with Crippen molar-refractivity contribution < 1.29 is 31.8 Å². The molecule has 0 aromatic carbocycles. The first-order chi connectivity index (χ1) is 6.02. The third kappa shape index (κ3) is 7.83. The van der Waals surface area contributed by atoms with Crippen LogP contribution in [0.3, 0.4) is 0 Å². The van der Waals surface area contributed by atoms with E-state index < -0.39 is 10.3 Å². The molecule has 0 saturated heterocycles. The Morgan fingerprint density at radius 1 is 1.07 bits per heavy atom. The molecule has 0 fully saturated rings. The third-order valence-corrected chi connectivity index (χ3v) is 2.84. The van der Waals surface area contributed by atoms with E-state index in [1.165, 1.54) is 0 Å². The Labute approximate surface area is 99.1 Å². The molecule has 0 bridgehead atoms. The van der Waals surface area contributed by atoms with Gasteiger partial charge >= 0.3 is 18.9 Å². The van der Waals surface area contributed by atoms with Gasteiger partial charge < -0.3 is 4.55 Å². The van der Waals surface area contributed by atoms with Gasteiger partial charge in [-0.25, -0.2) is 12.7 Å². The van der Waals surface area contributed by atoms with Gasteiger partial charge in [-0.15, -0.1) is 0 Å². The largest absolute Gasteiger partial charge is 1.00 e. The monoisotopic (exact) mass is 215 g/mol. The summed E-state index contributed by atoms with van der Waals surface area (Å²) < 4.78 is 33.2. The first kappa shape index (κ1) is 16.9. The molecule has 0 aromatic rings. The van der Waals surface area contributed by atoms with E-state index in [1.54, 1.807) is 0 Å². The van der Waals surface area contributed by atoms with Gasteiger partial charge in [-0.1, -0.05) is 26.7 Å². The smallest absolute Gasteiger partial charge is 0.735 e. The molecule has 0 saturated carbocycles. The van der Waals surface area contributed by atoms with Gasteiger partial charge in [0, 0.05) is 13.1 Å². The Bertz CT molecular complexity index is 211. The number of unbranched alkanes of at least 4 members (excludes halogenated alkanes) is 2. The van der Waals surface area contributed by atoms with E-state index in [4.69, 9.17) is 0 Å². The summed E-state index contributed by atoms with van der Waals surface area (Å²) in [5.41, 5.74) is 0. The Balaban J connectivity index is 0. The standard InChI is InChI=1S/C8H19NO3S.Li/c1-3-5-7-9(8-6-4-2)13(10,11)12;/h3-8H2,1-2H3,(H,10,11,12);/q;+1/p-1. The minimum Gasteiger partial charge on any atom is -0.735 e. The molecule has 0 radical (unpaired) electrons. The fourth-order valence-electron chi connectivity index (χ4n) is 1.00. The maximum absolute atomic E-state index is 10.7. The fourth-order valence-corrected chi connectivity index (χ4v) is 1.71. The molecule has 0 aliphatic carbocycles.